The fraction of sp³-hybridized carbons (Fsp3) is 0.583. The predicted molar refractivity (Wildman–Crippen MR) is 64.0 cm³/mol. The van der Waals surface area contributed by atoms with E-state index in [1.165, 1.54) is 0 Å². The van der Waals surface area contributed by atoms with Crippen LogP contribution in [0, 0.1) is 6.92 Å². The van der Waals surface area contributed by atoms with Crippen LogP contribution in [-0.2, 0) is 4.79 Å². The summed E-state index contributed by atoms with van der Waals surface area (Å²) in [7, 11) is 0. The Morgan fingerprint density at radius 3 is 2.65 bits per heavy atom. The van der Waals surface area contributed by atoms with Crippen LogP contribution in [0.5, 0.6) is 0 Å². The summed E-state index contributed by atoms with van der Waals surface area (Å²) >= 11 is 0. The summed E-state index contributed by atoms with van der Waals surface area (Å²) in [5, 5.41) is 9.39. The molecule has 1 unspecified atom stereocenters. The van der Waals surface area contributed by atoms with Crippen molar-refractivity contribution in [2.24, 2.45) is 0 Å². The molecule has 0 radical (unpaired) electrons. The predicted octanol–water partition coefficient (Wildman–Crippen LogP) is 1.62. The third-order valence-electron chi connectivity index (χ3n) is 3.36. The van der Waals surface area contributed by atoms with Gasteiger partial charge in [0.1, 0.15) is 5.54 Å². The van der Waals surface area contributed by atoms with Crippen molar-refractivity contribution in [2.75, 3.05) is 11.4 Å². The maximum absolute atomic E-state index is 11.4. The number of nitrogens with zero attached hydrogens (tertiary/aromatic N) is 3. The maximum atomic E-state index is 11.4. The van der Waals surface area contributed by atoms with E-state index in [-0.39, 0.29) is 0 Å². The van der Waals surface area contributed by atoms with E-state index in [0.29, 0.717) is 18.9 Å². The molecule has 1 aromatic rings. The molecule has 0 spiro atoms. The Labute approximate surface area is 100 Å². The van der Waals surface area contributed by atoms with Crippen molar-refractivity contribution < 1.29 is 9.90 Å². The van der Waals surface area contributed by atoms with Gasteiger partial charge in [0.05, 0.1) is 0 Å². The van der Waals surface area contributed by atoms with E-state index in [2.05, 4.69) is 9.97 Å². The van der Waals surface area contributed by atoms with E-state index >= 15 is 0 Å². The molecule has 1 aromatic heterocycles. The van der Waals surface area contributed by atoms with Gasteiger partial charge in [-0.15, -0.1) is 0 Å². The topological polar surface area (TPSA) is 66.3 Å². The summed E-state index contributed by atoms with van der Waals surface area (Å²) < 4.78 is 0. The minimum atomic E-state index is -0.881. The summed E-state index contributed by atoms with van der Waals surface area (Å²) in [4.78, 5) is 21.7. The maximum Gasteiger partial charge on any atom is 0.329 e. The van der Waals surface area contributed by atoms with Crippen LogP contribution in [0.4, 0.5) is 5.95 Å². The van der Waals surface area contributed by atoms with Gasteiger partial charge in [-0.05, 0) is 38.7 Å². The Kier molecular flexibility index (Phi) is 3.00. The van der Waals surface area contributed by atoms with Gasteiger partial charge in [-0.1, -0.05) is 0 Å². The molecule has 0 aliphatic carbocycles. The van der Waals surface area contributed by atoms with Crippen LogP contribution in [0.1, 0.15) is 31.7 Å². The van der Waals surface area contributed by atoms with E-state index in [0.717, 1.165) is 18.4 Å². The Bertz CT molecular complexity index is 418. The highest BCUT2D eigenvalue weighted by atomic mass is 16.4. The SMILES string of the molecule is Cc1cnc(N2CCCCC2(C)C(=O)O)nc1. The molecule has 1 atom stereocenters. The van der Waals surface area contributed by atoms with Crippen molar-refractivity contribution in [3.63, 3.8) is 0 Å². The Morgan fingerprint density at radius 1 is 1.41 bits per heavy atom. The van der Waals surface area contributed by atoms with Gasteiger partial charge in [0, 0.05) is 18.9 Å². The van der Waals surface area contributed by atoms with Crippen LogP contribution in [0.2, 0.25) is 0 Å². The second-order valence-corrected chi connectivity index (χ2v) is 4.75. The zero-order chi connectivity index (χ0) is 12.5. The van der Waals surface area contributed by atoms with E-state index in [9.17, 15) is 9.90 Å². The average molecular weight is 235 g/mol. The van der Waals surface area contributed by atoms with Gasteiger partial charge in [-0.25, -0.2) is 14.8 Å². The Balaban J connectivity index is 2.34. The lowest BCUT2D eigenvalue weighted by atomic mass is 9.89. The molecule has 1 aliphatic rings. The van der Waals surface area contributed by atoms with Gasteiger partial charge >= 0.3 is 5.97 Å². The van der Waals surface area contributed by atoms with Gasteiger partial charge in [0.2, 0.25) is 5.95 Å². The zero-order valence-corrected chi connectivity index (χ0v) is 10.2. The number of carbonyl (C=O) groups is 1. The lowest BCUT2D eigenvalue weighted by Crippen LogP contribution is -2.56. The summed E-state index contributed by atoms with van der Waals surface area (Å²) in [6, 6.07) is 0. The van der Waals surface area contributed by atoms with E-state index in [4.69, 9.17) is 0 Å². The third-order valence-corrected chi connectivity index (χ3v) is 3.36. The molecule has 0 saturated carbocycles. The number of aryl methyl sites for hydroxylation is 1. The van der Waals surface area contributed by atoms with Crippen LogP contribution < -0.4 is 4.90 Å². The molecule has 5 heteroatoms. The average Bonchev–Trinajstić information content (AvgIpc) is 2.31. The molecule has 2 rings (SSSR count). The van der Waals surface area contributed by atoms with E-state index < -0.39 is 11.5 Å². The molecule has 92 valence electrons. The molecule has 1 fully saturated rings. The highest BCUT2D eigenvalue weighted by Crippen LogP contribution is 2.30. The molecule has 2 heterocycles. The highest BCUT2D eigenvalue weighted by molar-refractivity contribution is 5.82. The molecular formula is C12H17N3O2. The van der Waals surface area contributed by atoms with Crippen molar-refractivity contribution in [1.82, 2.24) is 9.97 Å². The third kappa shape index (κ3) is 2.09. The van der Waals surface area contributed by atoms with Crippen molar-refractivity contribution in [3.8, 4) is 0 Å². The molecule has 1 saturated heterocycles. The first-order chi connectivity index (χ1) is 8.04. The molecular weight excluding hydrogens is 218 g/mol. The molecule has 0 aromatic carbocycles. The van der Waals surface area contributed by atoms with E-state index in [1.807, 2.05) is 6.92 Å². The molecule has 0 bridgehead atoms. The standard InChI is InChI=1S/C12H17N3O2/c1-9-7-13-11(14-8-9)15-6-4-3-5-12(15,2)10(16)17/h7-8H,3-6H2,1-2H3,(H,16,17). The molecule has 0 amide bonds. The van der Waals surface area contributed by atoms with Crippen LogP contribution in [0.15, 0.2) is 12.4 Å². The number of carboxylic acid groups (broad SMARTS) is 1. The first-order valence-corrected chi connectivity index (χ1v) is 5.84. The lowest BCUT2D eigenvalue weighted by Gasteiger charge is -2.41. The Hall–Kier alpha value is -1.65. The quantitative estimate of drug-likeness (QED) is 0.843. The number of hydrogen-bond donors (Lipinski definition) is 1. The van der Waals surface area contributed by atoms with Crippen LogP contribution in [0.3, 0.4) is 0 Å². The van der Waals surface area contributed by atoms with E-state index in [1.54, 1.807) is 24.2 Å². The van der Waals surface area contributed by atoms with Gasteiger partial charge in [-0.2, -0.15) is 0 Å². The highest BCUT2D eigenvalue weighted by Gasteiger charge is 2.42. The van der Waals surface area contributed by atoms with Gasteiger partial charge in [-0.3, -0.25) is 0 Å². The summed E-state index contributed by atoms with van der Waals surface area (Å²) in [5.41, 5.74) is 0.0934. The number of carboxylic acids is 1. The number of hydrogen-bond acceptors (Lipinski definition) is 4. The van der Waals surface area contributed by atoms with Gasteiger partial charge < -0.3 is 10.0 Å². The molecule has 1 N–H and O–H groups in total. The van der Waals surface area contributed by atoms with Crippen LogP contribution in [-0.4, -0.2) is 33.1 Å². The Morgan fingerprint density at radius 2 is 2.06 bits per heavy atom. The number of aromatic nitrogens is 2. The first-order valence-electron chi connectivity index (χ1n) is 5.84. The summed E-state index contributed by atoms with van der Waals surface area (Å²) in [5.74, 6) is -0.290. The second-order valence-electron chi connectivity index (χ2n) is 4.75. The number of anilines is 1. The van der Waals surface area contributed by atoms with Crippen molar-refractivity contribution in [1.29, 1.82) is 0 Å². The first kappa shape index (κ1) is 11.8. The van der Waals surface area contributed by atoms with Crippen molar-refractivity contribution in [2.45, 2.75) is 38.6 Å². The number of aliphatic carboxylic acids is 1. The monoisotopic (exact) mass is 235 g/mol. The van der Waals surface area contributed by atoms with Crippen LogP contribution in [0.25, 0.3) is 0 Å². The zero-order valence-electron chi connectivity index (χ0n) is 10.2. The molecule has 1 aliphatic heterocycles. The van der Waals surface area contributed by atoms with Gasteiger partial charge in [0.15, 0.2) is 0 Å². The minimum absolute atomic E-state index is 0.514. The van der Waals surface area contributed by atoms with Crippen molar-refractivity contribution >= 4 is 11.9 Å². The number of piperidine rings is 1. The van der Waals surface area contributed by atoms with Crippen LogP contribution >= 0.6 is 0 Å². The summed E-state index contributed by atoms with van der Waals surface area (Å²) in [6.45, 7) is 4.36. The second kappa shape index (κ2) is 4.31. The van der Waals surface area contributed by atoms with Crippen molar-refractivity contribution in [3.05, 3.63) is 18.0 Å². The van der Waals surface area contributed by atoms with Gasteiger partial charge in [0.25, 0.3) is 0 Å². The summed E-state index contributed by atoms with van der Waals surface area (Å²) in [6.07, 6.45) is 6.00. The lowest BCUT2D eigenvalue weighted by molar-refractivity contribution is -0.143. The fourth-order valence-corrected chi connectivity index (χ4v) is 2.19. The molecule has 5 nitrogen and oxygen atoms in total. The minimum Gasteiger partial charge on any atom is -0.480 e. The molecule has 17 heavy (non-hydrogen) atoms. The largest absolute Gasteiger partial charge is 0.480 e. The smallest absolute Gasteiger partial charge is 0.329 e. The normalized spacial score (nSPS) is 24.7. The number of rotatable bonds is 2. The fourth-order valence-electron chi connectivity index (χ4n) is 2.19.